The second-order valence-electron chi connectivity index (χ2n) is 3.01. The molecule has 2 rings (SSSR count). The number of benzene rings is 1. The Morgan fingerprint density at radius 1 is 1.47 bits per heavy atom. The number of thiophene rings is 1. The van der Waals surface area contributed by atoms with Gasteiger partial charge in [0.1, 0.15) is 4.88 Å². The fourth-order valence-electron chi connectivity index (χ4n) is 1.32. The molecule has 4 heteroatoms. The van der Waals surface area contributed by atoms with Crippen LogP contribution >= 0.6 is 22.9 Å². The molecular weight excluding hydrogens is 232 g/mol. The zero-order valence-electron chi connectivity index (χ0n) is 8.12. The van der Waals surface area contributed by atoms with Crippen LogP contribution in [0.3, 0.4) is 0 Å². The Labute approximate surface area is 96.4 Å². The van der Waals surface area contributed by atoms with Crippen molar-refractivity contribution in [2.45, 2.75) is 6.92 Å². The van der Waals surface area contributed by atoms with Crippen LogP contribution in [0.4, 0.5) is 0 Å². The highest BCUT2D eigenvalue weighted by Gasteiger charge is 2.10. The molecule has 0 spiro atoms. The summed E-state index contributed by atoms with van der Waals surface area (Å²) in [5, 5.41) is 1.66. The van der Waals surface area contributed by atoms with Crippen molar-refractivity contribution in [2.24, 2.45) is 0 Å². The minimum absolute atomic E-state index is 0.269. The molecule has 78 valence electrons. The van der Waals surface area contributed by atoms with Gasteiger partial charge in [-0.05, 0) is 36.6 Å². The normalized spacial score (nSPS) is 10.5. The second-order valence-corrected chi connectivity index (χ2v) is 4.53. The van der Waals surface area contributed by atoms with Crippen LogP contribution in [-0.4, -0.2) is 12.6 Å². The van der Waals surface area contributed by atoms with E-state index in [9.17, 15) is 4.79 Å². The Morgan fingerprint density at radius 3 is 3.00 bits per heavy atom. The lowest BCUT2D eigenvalue weighted by molar-refractivity contribution is 0.0532. The summed E-state index contributed by atoms with van der Waals surface area (Å²) in [6.07, 6.45) is 0. The lowest BCUT2D eigenvalue weighted by Gasteiger charge is -1.95. The molecule has 0 fully saturated rings. The summed E-state index contributed by atoms with van der Waals surface area (Å²) in [5.74, 6) is -0.269. The molecule has 0 unspecified atom stereocenters. The van der Waals surface area contributed by atoms with Gasteiger partial charge < -0.3 is 4.74 Å². The first-order valence-corrected chi connectivity index (χ1v) is 5.76. The molecule has 0 bridgehead atoms. The van der Waals surface area contributed by atoms with Crippen molar-refractivity contribution >= 4 is 39.0 Å². The molecule has 0 aliphatic carbocycles. The third-order valence-electron chi connectivity index (χ3n) is 1.95. The molecule has 2 nitrogen and oxygen atoms in total. The van der Waals surface area contributed by atoms with Crippen LogP contribution in [0.1, 0.15) is 16.6 Å². The molecule has 0 amide bonds. The number of esters is 1. The largest absolute Gasteiger partial charge is 0.462 e. The summed E-state index contributed by atoms with van der Waals surface area (Å²) in [5.41, 5.74) is 0. The van der Waals surface area contributed by atoms with E-state index in [0.717, 1.165) is 10.1 Å². The topological polar surface area (TPSA) is 26.3 Å². The Bertz CT molecular complexity index is 504. The van der Waals surface area contributed by atoms with E-state index in [1.807, 2.05) is 24.3 Å². The van der Waals surface area contributed by atoms with Gasteiger partial charge in [-0.2, -0.15) is 0 Å². The molecule has 0 N–H and O–H groups in total. The first-order valence-electron chi connectivity index (χ1n) is 4.57. The van der Waals surface area contributed by atoms with Gasteiger partial charge in [-0.3, -0.25) is 0 Å². The van der Waals surface area contributed by atoms with Crippen LogP contribution in [0.2, 0.25) is 5.02 Å². The average molecular weight is 241 g/mol. The number of carbonyl (C=O) groups is 1. The fraction of sp³-hybridized carbons (Fsp3) is 0.182. The monoisotopic (exact) mass is 240 g/mol. The van der Waals surface area contributed by atoms with Crippen LogP contribution in [0.15, 0.2) is 24.3 Å². The van der Waals surface area contributed by atoms with E-state index in [2.05, 4.69) is 0 Å². The third kappa shape index (κ3) is 2.13. The Kier molecular flexibility index (Phi) is 2.93. The van der Waals surface area contributed by atoms with Gasteiger partial charge in [-0.25, -0.2) is 4.79 Å². The molecule has 0 saturated carbocycles. The number of carbonyl (C=O) groups excluding carboxylic acids is 1. The van der Waals surface area contributed by atoms with Gasteiger partial charge in [0, 0.05) is 9.72 Å². The highest BCUT2D eigenvalue weighted by atomic mass is 35.5. The average Bonchev–Trinajstić information content (AvgIpc) is 2.60. The maximum Gasteiger partial charge on any atom is 0.348 e. The SMILES string of the molecule is CCOC(=O)c1cc2cc(Cl)ccc2s1. The highest BCUT2D eigenvalue weighted by Crippen LogP contribution is 2.28. The number of ether oxygens (including phenoxy) is 1. The molecule has 15 heavy (non-hydrogen) atoms. The molecule has 2 aromatic rings. The molecule has 0 aliphatic heterocycles. The Morgan fingerprint density at radius 2 is 2.27 bits per heavy atom. The minimum Gasteiger partial charge on any atom is -0.462 e. The van der Waals surface area contributed by atoms with Crippen LogP contribution in [0.25, 0.3) is 10.1 Å². The van der Waals surface area contributed by atoms with Gasteiger partial charge in [0.05, 0.1) is 6.61 Å². The summed E-state index contributed by atoms with van der Waals surface area (Å²) >= 11 is 7.28. The van der Waals surface area contributed by atoms with Crippen molar-refractivity contribution in [1.82, 2.24) is 0 Å². The summed E-state index contributed by atoms with van der Waals surface area (Å²) in [6.45, 7) is 2.19. The standard InChI is InChI=1S/C11H9ClO2S/c1-2-14-11(13)10-6-7-5-8(12)3-4-9(7)15-10/h3-6H,2H2,1H3. The zero-order valence-corrected chi connectivity index (χ0v) is 9.69. The zero-order chi connectivity index (χ0) is 10.8. The van der Waals surface area contributed by atoms with Crippen molar-refractivity contribution in [3.8, 4) is 0 Å². The van der Waals surface area contributed by atoms with Crippen molar-refractivity contribution in [2.75, 3.05) is 6.61 Å². The first-order chi connectivity index (χ1) is 7.20. The number of rotatable bonds is 2. The van der Waals surface area contributed by atoms with E-state index in [4.69, 9.17) is 16.3 Å². The molecule has 1 aromatic carbocycles. The van der Waals surface area contributed by atoms with Crippen LogP contribution in [-0.2, 0) is 4.74 Å². The predicted octanol–water partition coefficient (Wildman–Crippen LogP) is 3.73. The number of fused-ring (bicyclic) bond motifs is 1. The molecule has 0 saturated heterocycles. The van der Waals surface area contributed by atoms with Gasteiger partial charge in [0.25, 0.3) is 0 Å². The van der Waals surface area contributed by atoms with E-state index in [-0.39, 0.29) is 5.97 Å². The van der Waals surface area contributed by atoms with Crippen LogP contribution in [0, 0.1) is 0 Å². The summed E-state index contributed by atoms with van der Waals surface area (Å²) < 4.78 is 5.97. The van der Waals surface area contributed by atoms with Gasteiger partial charge in [0.15, 0.2) is 0 Å². The lowest BCUT2D eigenvalue weighted by atomic mass is 10.2. The quantitative estimate of drug-likeness (QED) is 0.748. The third-order valence-corrected chi connectivity index (χ3v) is 3.29. The van der Waals surface area contributed by atoms with Crippen molar-refractivity contribution < 1.29 is 9.53 Å². The van der Waals surface area contributed by atoms with Gasteiger partial charge in [-0.15, -0.1) is 11.3 Å². The molecule has 1 heterocycles. The van der Waals surface area contributed by atoms with E-state index in [1.54, 1.807) is 6.92 Å². The fourth-order valence-corrected chi connectivity index (χ4v) is 2.43. The Hall–Kier alpha value is -1.06. The maximum atomic E-state index is 11.5. The van der Waals surface area contributed by atoms with Crippen molar-refractivity contribution in [1.29, 1.82) is 0 Å². The molecule has 0 atom stereocenters. The molecule has 1 aromatic heterocycles. The van der Waals surface area contributed by atoms with E-state index >= 15 is 0 Å². The summed E-state index contributed by atoms with van der Waals surface area (Å²) in [4.78, 5) is 12.1. The summed E-state index contributed by atoms with van der Waals surface area (Å²) in [6, 6.07) is 7.38. The smallest absolute Gasteiger partial charge is 0.348 e. The van der Waals surface area contributed by atoms with Crippen molar-refractivity contribution in [3.63, 3.8) is 0 Å². The van der Waals surface area contributed by atoms with Crippen LogP contribution in [0.5, 0.6) is 0 Å². The predicted molar refractivity (Wildman–Crippen MR) is 62.8 cm³/mol. The first kappa shape index (κ1) is 10.5. The molecule has 0 aliphatic rings. The van der Waals surface area contributed by atoms with Crippen LogP contribution < -0.4 is 0 Å². The lowest BCUT2D eigenvalue weighted by Crippen LogP contribution is -2.01. The van der Waals surface area contributed by atoms with E-state index < -0.39 is 0 Å². The number of hydrogen-bond acceptors (Lipinski definition) is 3. The van der Waals surface area contributed by atoms with E-state index in [1.165, 1.54) is 11.3 Å². The minimum atomic E-state index is -0.269. The molecule has 0 radical (unpaired) electrons. The number of hydrogen-bond donors (Lipinski definition) is 0. The maximum absolute atomic E-state index is 11.5. The second kappa shape index (κ2) is 4.21. The van der Waals surface area contributed by atoms with Crippen molar-refractivity contribution in [3.05, 3.63) is 34.2 Å². The van der Waals surface area contributed by atoms with Gasteiger partial charge >= 0.3 is 5.97 Å². The van der Waals surface area contributed by atoms with E-state index in [0.29, 0.717) is 16.5 Å². The molecular formula is C11H9ClO2S. The van der Waals surface area contributed by atoms with Gasteiger partial charge in [-0.1, -0.05) is 11.6 Å². The summed E-state index contributed by atoms with van der Waals surface area (Å²) in [7, 11) is 0. The van der Waals surface area contributed by atoms with Gasteiger partial charge in [0.2, 0.25) is 0 Å². The number of halogens is 1. The Balaban J connectivity index is 2.42. The highest BCUT2D eigenvalue weighted by molar-refractivity contribution is 7.20.